The van der Waals surface area contributed by atoms with Crippen LogP contribution in [0.2, 0.25) is 0 Å². The normalized spacial score (nSPS) is 17.3. The maximum atomic E-state index is 15.9. The zero-order chi connectivity index (χ0) is 30.7. The summed E-state index contributed by atoms with van der Waals surface area (Å²) in [5.41, 5.74) is -1.19. The number of likely N-dealkylation sites (tertiary alicyclic amines) is 1. The number of ether oxygens (including phenoxy) is 2. The standard InChI is InChI=1S/C31H29F4N3O5/c1-42-28(39)26-8-5-15-37(26)30(41)38(25-12-11-21(16-24(25)32)20-9-10-20)27(22-17-36-14-13-23(22)31(33,34)35)29(40)43-18-19-6-3-2-4-7-19/h2-4,6-7,11-14,16-17,20,26-27H,5,8-10,15,18H2,1H3/t26-,27?/m1/s1. The number of pyridine rings is 1. The van der Waals surface area contributed by atoms with Crippen molar-refractivity contribution in [1.29, 1.82) is 0 Å². The number of aromatic nitrogens is 1. The number of methoxy groups -OCH3 is 1. The third kappa shape index (κ3) is 6.47. The molecule has 43 heavy (non-hydrogen) atoms. The van der Waals surface area contributed by atoms with Crippen molar-refractivity contribution >= 4 is 23.7 Å². The number of carbonyl (C=O) groups is 3. The van der Waals surface area contributed by atoms with Crippen LogP contribution in [0, 0.1) is 5.82 Å². The molecule has 1 aromatic heterocycles. The Kier molecular flexibility index (Phi) is 8.65. The van der Waals surface area contributed by atoms with E-state index in [1.807, 2.05) is 0 Å². The number of halogens is 4. The Labute approximate surface area is 245 Å². The monoisotopic (exact) mass is 599 g/mol. The zero-order valence-electron chi connectivity index (χ0n) is 23.2. The van der Waals surface area contributed by atoms with E-state index >= 15 is 4.39 Å². The summed E-state index contributed by atoms with van der Waals surface area (Å²) in [5, 5.41) is 0. The first-order valence-corrected chi connectivity index (χ1v) is 13.8. The molecule has 2 atom stereocenters. The maximum absolute atomic E-state index is 15.9. The number of nitrogens with zero attached hydrogens (tertiary/aromatic N) is 3. The van der Waals surface area contributed by atoms with E-state index in [9.17, 15) is 27.6 Å². The van der Waals surface area contributed by atoms with Gasteiger partial charge < -0.3 is 14.4 Å². The molecule has 2 aromatic carbocycles. The molecule has 1 aliphatic carbocycles. The molecule has 0 N–H and O–H groups in total. The van der Waals surface area contributed by atoms with Gasteiger partial charge in [-0.05, 0) is 60.9 Å². The van der Waals surface area contributed by atoms with Crippen molar-refractivity contribution < 1.29 is 41.4 Å². The number of benzene rings is 2. The summed E-state index contributed by atoms with van der Waals surface area (Å²) in [5.74, 6) is -2.76. The van der Waals surface area contributed by atoms with Crippen LogP contribution in [0.15, 0.2) is 67.0 Å². The third-order valence-electron chi connectivity index (χ3n) is 7.62. The van der Waals surface area contributed by atoms with E-state index in [2.05, 4.69) is 4.98 Å². The Hall–Kier alpha value is -4.48. The molecule has 1 saturated heterocycles. The van der Waals surface area contributed by atoms with Gasteiger partial charge in [-0.2, -0.15) is 13.2 Å². The second-order valence-corrected chi connectivity index (χ2v) is 10.5. The highest BCUT2D eigenvalue weighted by molar-refractivity contribution is 6.01. The fourth-order valence-corrected chi connectivity index (χ4v) is 5.32. The minimum Gasteiger partial charge on any atom is -0.467 e. The minimum atomic E-state index is -4.96. The molecule has 0 bridgehead atoms. The van der Waals surface area contributed by atoms with Gasteiger partial charge in [-0.25, -0.2) is 18.8 Å². The van der Waals surface area contributed by atoms with Crippen LogP contribution >= 0.6 is 0 Å². The summed E-state index contributed by atoms with van der Waals surface area (Å²) in [6, 6.07) is 8.93. The lowest BCUT2D eigenvalue weighted by Gasteiger charge is -2.36. The van der Waals surface area contributed by atoms with Gasteiger partial charge in [0.15, 0.2) is 6.04 Å². The number of hydrogen-bond acceptors (Lipinski definition) is 6. The van der Waals surface area contributed by atoms with Gasteiger partial charge in [0.2, 0.25) is 0 Å². The number of alkyl halides is 3. The smallest absolute Gasteiger partial charge is 0.416 e. The van der Waals surface area contributed by atoms with Gasteiger partial charge in [0.05, 0.1) is 18.4 Å². The molecule has 3 aromatic rings. The number of hydrogen-bond donors (Lipinski definition) is 0. The van der Waals surface area contributed by atoms with Crippen molar-refractivity contribution in [3.8, 4) is 0 Å². The van der Waals surface area contributed by atoms with Gasteiger partial charge in [-0.1, -0.05) is 36.4 Å². The van der Waals surface area contributed by atoms with Gasteiger partial charge in [-0.3, -0.25) is 9.88 Å². The summed E-state index contributed by atoms with van der Waals surface area (Å²) < 4.78 is 69.1. The van der Waals surface area contributed by atoms with E-state index in [1.165, 1.54) is 12.1 Å². The van der Waals surface area contributed by atoms with Crippen LogP contribution in [0.5, 0.6) is 0 Å². The number of carbonyl (C=O) groups excluding carboxylic acids is 3. The molecule has 1 saturated carbocycles. The summed E-state index contributed by atoms with van der Waals surface area (Å²) in [6.45, 7) is -0.292. The lowest BCUT2D eigenvalue weighted by Crippen LogP contribution is -2.51. The van der Waals surface area contributed by atoms with E-state index in [0.29, 0.717) is 28.5 Å². The predicted molar refractivity (Wildman–Crippen MR) is 146 cm³/mol. The van der Waals surface area contributed by atoms with Crippen molar-refractivity contribution in [2.24, 2.45) is 0 Å². The number of anilines is 1. The average Bonchev–Trinajstić information content (AvgIpc) is 3.74. The van der Waals surface area contributed by atoms with Crippen molar-refractivity contribution in [3.05, 3.63) is 95.1 Å². The second-order valence-electron chi connectivity index (χ2n) is 10.5. The van der Waals surface area contributed by atoms with E-state index in [0.717, 1.165) is 37.2 Å². The Bertz CT molecular complexity index is 1500. The molecular weight excluding hydrogens is 570 g/mol. The van der Waals surface area contributed by atoms with Crippen LogP contribution in [-0.2, 0) is 31.8 Å². The van der Waals surface area contributed by atoms with E-state index in [-0.39, 0.29) is 25.5 Å². The quantitative estimate of drug-likeness (QED) is 0.228. The van der Waals surface area contributed by atoms with Gasteiger partial charge in [0.25, 0.3) is 0 Å². The van der Waals surface area contributed by atoms with Crippen molar-refractivity contribution in [1.82, 2.24) is 9.88 Å². The van der Waals surface area contributed by atoms with E-state index < -0.39 is 58.9 Å². The van der Waals surface area contributed by atoms with Crippen LogP contribution < -0.4 is 4.90 Å². The summed E-state index contributed by atoms with van der Waals surface area (Å²) >= 11 is 0. The van der Waals surface area contributed by atoms with Gasteiger partial charge in [0.1, 0.15) is 18.5 Å². The maximum Gasteiger partial charge on any atom is 0.416 e. The Morgan fingerprint density at radius 2 is 1.81 bits per heavy atom. The number of urea groups is 1. The number of amides is 2. The Morgan fingerprint density at radius 3 is 2.47 bits per heavy atom. The highest BCUT2D eigenvalue weighted by Gasteiger charge is 2.46. The molecule has 1 aliphatic heterocycles. The molecule has 2 amide bonds. The fourth-order valence-electron chi connectivity index (χ4n) is 5.32. The molecular formula is C31H29F4N3O5. The van der Waals surface area contributed by atoms with Gasteiger partial charge >= 0.3 is 24.1 Å². The molecule has 12 heteroatoms. The van der Waals surface area contributed by atoms with Gasteiger partial charge in [-0.15, -0.1) is 0 Å². The highest BCUT2D eigenvalue weighted by Crippen LogP contribution is 2.43. The highest BCUT2D eigenvalue weighted by atomic mass is 19.4. The summed E-state index contributed by atoms with van der Waals surface area (Å²) in [6.07, 6.45) is -0.920. The molecule has 1 unspecified atom stereocenters. The zero-order valence-corrected chi connectivity index (χ0v) is 23.2. The Balaban J connectivity index is 1.66. The molecule has 226 valence electrons. The van der Waals surface area contributed by atoms with E-state index in [1.54, 1.807) is 36.4 Å². The average molecular weight is 600 g/mol. The Morgan fingerprint density at radius 1 is 1.07 bits per heavy atom. The first-order valence-electron chi connectivity index (χ1n) is 13.8. The largest absolute Gasteiger partial charge is 0.467 e. The van der Waals surface area contributed by atoms with Crippen LogP contribution in [0.3, 0.4) is 0 Å². The molecule has 2 fully saturated rings. The number of esters is 2. The molecule has 0 spiro atoms. The third-order valence-corrected chi connectivity index (χ3v) is 7.62. The lowest BCUT2D eigenvalue weighted by atomic mass is 9.99. The molecule has 5 rings (SSSR count). The second kappa shape index (κ2) is 12.4. The van der Waals surface area contributed by atoms with Crippen LogP contribution in [0.25, 0.3) is 0 Å². The molecule has 2 heterocycles. The van der Waals surface area contributed by atoms with Crippen molar-refractivity contribution in [3.63, 3.8) is 0 Å². The van der Waals surface area contributed by atoms with E-state index in [4.69, 9.17) is 9.47 Å². The van der Waals surface area contributed by atoms with Gasteiger partial charge in [0, 0.05) is 24.5 Å². The predicted octanol–water partition coefficient (Wildman–Crippen LogP) is 6.17. The lowest BCUT2D eigenvalue weighted by molar-refractivity contribution is -0.147. The molecule has 2 aliphatic rings. The number of rotatable bonds is 8. The molecule has 0 radical (unpaired) electrons. The SMILES string of the molecule is COC(=O)[C@H]1CCCN1C(=O)N(c1ccc(C2CC2)cc1F)C(C(=O)OCc1ccccc1)c1cnccc1C(F)(F)F. The summed E-state index contributed by atoms with van der Waals surface area (Å²) in [4.78, 5) is 46.2. The first kappa shape index (κ1) is 30.0. The van der Waals surface area contributed by atoms with Crippen molar-refractivity contribution in [2.45, 2.75) is 56.5 Å². The van der Waals surface area contributed by atoms with Crippen LogP contribution in [0.4, 0.5) is 28.0 Å². The molecule has 8 nitrogen and oxygen atoms in total. The van der Waals surface area contributed by atoms with Crippen molar-refractivity contribution in [2.75, 3.05) is 18.6 Å². The first-order chi connectivity index (χ1) is 20.6. The summed E-state index contributed by atoms with van der Waals surface area (Å²) in [7, 11) is 1.15. The topological polar surface area (TPSA) is 89.0 Å². The van der Waals surface area contributed by atoms with Crippen LogP contribution in [-0.4, -0.2) is 47.6 Å². The fraction of sp³-hybridized carbons (Fsp3) is 0.355. The minimum absolute atomic E-state index is 0.0296. The van der Waals surface area contributed by atoms with Crippen LogP contribution in [0.1, 0.15) is 59.9 Å².